The Morgan fingerprint density at radius 3 is 2.85 bits per heavy atom. The molecule has 1 aliphatic rings. The van der Waals surface area contributed by atoms with Crippen LogP contribution in [0, 0.1) is 5.82 Å². The molecule has 8 heteroatoms. The van der Waals surface area contributed by atoms with Crippen LogP contribution in [0.2, 0.25) is 5.02 Å². The Morgan fingerprint density at radius 2 is 2.11 bits per heavy atom. The molecule has 1 saturated heterocycles. The molecule has 0 spiro atoms. The SMILES string of the molecule is NC(=O)c1cccc(CNC(=O)N2CCOC(c3ccc(F)c(Cl)c3)C2)c1. The van der Waals surface area contributed by atoms with Crippen molar-refractivity contribution in [3.05, 3.63) is 70.0 Å². The maximum absolute atomic E-state index is 13.3. The quantitative estimate of drug-likeness (QED) is 0.840. The van der Waals surface area contributed by atoms with Crippen LogP contribution >= 0.6 is 11.6 Å². The molecule has 3 N–H and O–H groups in total. The first kappa shape index (κ1) is 19.1. The summed E-state index contributed by atoms with van der Waals surface area (Å²) in [4.78, 5) is 25.3. The van der Waals surface area contributed by atoms with Gasteiger partial charge < -0.3 is 20.7 Å². The Hall–Kier alpha value is -2.64. The third-order valence-electron chi connectivity index (χ3n) is 4.32. The monoisotopic (exact) mass is 391 g/mol. The number of nitrogens with two attached hydrogens (primary N) is 1. The van der Waals surface area contributed by atoms with E-state index in [4.69, 9.17) is 22.1 Å². The van der Waals surface area contributed by atoms with Gasteiger partial charge in [-0.1, -0.05) is 29.8 Å². The molecule has 2 aromatic carbocycles. The molecule has 1 unspecified atom stereocenters. The van der Waals surface area contributed by atoms with Gasteiger partial charge in [0.05, 0.1) is 18.2 Å². The third-order valence-corrected chi connectivity index (χ3v) is 4.61. The van der Waals surface area contributed by atoms with Gasteiger partial charge in [0.1, 0.15) is 11.9 Å². The Morgan fingerprint density at radius 1 is 1.30 bits per heavy atom. The molecule has 6 nitrogen and oxygen atoms in total. The van der Waals surface area contributed by atoms with Crippen molar-refractivity contribution in [1.29, 1.82) is 0 Å². The number of hydrogen-bond donors (Lipinski definition) is 2. The lowest BCUT2D eigenvalue weighted by molar-refractivity contribution is -0.0155. The van der Waals surface area contributed by atoms with E-state index in [1.165, 1.54) is 12.1 Å². The van der Waals surface area contributed by atoms with Crippen molar-refractivity contribution in [1.82, 2.24) is 10.2 Å². The molecule has 0 bridgehead atoms. The summed E-state index contributed by atoms with van der Waals surface area (Å²) < 4.78 is 19.0. The summed E-state index contributed by atoms with van der Waals surface area (Å²) in [5.41, 5.74) is 7.14. The van der Waals surface area contributed by atoms with Gasteiger partial charge in [0.15, 0.2) is 0 Å². The van der Waals surface area contributed by atoms with Crippen LogP contribution in [-0.4, -0.2) is 36.5 Å². The molecule has 0 aliphatic carbocycles. The molecular weight excluding hydrogens is 373 g/mol. The minimum atomic E-state index is -0.517. The zero-order chi connectivity index (χ0) is 19.4. The number of halogens is 2. The number of ether oxygens (including phenoxy) is 1. The van der Waals surface area contributed by atoms with Gasteiger partial charge in [-0.3, -0.25) is 4.79 Å². The molecule has 27 heavy (non-hydrogen) atoms. The van der Waals surface area contributed by atoms with Crippen LogP contribution in [0.5, 0.6) is 0 Å². The second kappa shape index (κ2) is 8.37. The summed E-state index contributed by atoms with van der Waals surface area (Å²) >= 11 is 5.83. The van der Waals surface area contributed by atoms with Gasteiger partial charge >= 0.3 is 6.03 Å². The highest BCUT2D eigenvalue weighted by atomic mass is 35.5. The molecule has 142 valence electrons. The van der Waals surface area contributed by atoms with E-state index in [2.05, 4.69) is 5.32 Å². The molecule has 2 aromatic rings. The van der Waals surface area contributed by atoms with Crippen LogP contribution < -0.4 is 11.1 Å². The van der Waals surface area contributed by atoms with Gasteiger partial charge in [-0.05, 0) is 35.4 Å². The van der Waals surface area contributed by atoms with Crippen LogP contribution in [0.4, 0.5) is 9.18 Å². The lowest BCUT2D eigenvalue weighted by Crippen LogP contribution is -2.47. The van der Waals surface area contributed by atoms with Crippen molar-refractivity contribution in [3.8, 4) is 0 Å². The number of benzene rings is 2. The first-order valence-corrected chi connectivity index (χ1v) is 8.80. The maximum Gasteiger partial charge on any atom is 0.317 e. The highest BCUT2D eigenvalue weighted by Crippen LogP contribution is 2.26. The van der Waals surface area contributed by atoms with E-state index < -0.39 is 11.7 Å². The zero-order valence-electron chi connectivity index (χ0n) is 14.5. The summed E-state index contributed by atoms with van der Waals surface area (Å²) in [5, 5.41) is 2.84. The second-order valence-electron chi connectivity index (χ2n) is 6.20. The molecule has 1 atom stereocenters. The minimum Gasteiger partial charge on any atom is -0.370 e. The smallest absolute Gasteiger partial charge is 0.317 e. The maximum atomic E-state index is 13.3. The van der Waals surface area contributed by atoms with E-state index in [1.54, 1.807) is 35.2 Å². The number of nitrogens with zero attached hydrogens (tertiary/aromatic N) is 1. The first-order valence-electron chi connectivity index (χ1n) is 8.42. The van der Waals surface area contributed by atoms with Gasteiger partial charge in [-0.15, -0.1) is 0 Å². The fraction of sp³-hybridized carbons (Fsp3) is 0.263. The number of urea groups is 1. The molecule has 1 heterocycles. The minimum absolute atomic E-state index is 0.0204. The normalized spacial score (nSPS) is 16.8. The predicted molar refractivity (Wildman–Crippen MR) is 98.9 cm³/mol. The Balaban J connectivity index is 1.60. The molecule has 1 aliphatic heterocycles. The standard InChI is InChI=1S/C19H19ClFN3O3/c20-15-9-13(4-5-16(15)21)17-11-24(6-7-27-17)19(26)23-10-12-2-1-3-14(8-12)18(22)25/h1-5,8-9,17H,6-7,10-11H2,(H2,22,25)(H,23,26). The fourth-order valence-corrected chi connectivity index (χ4v) is 3.06. The van der Waals surface area contributed by atoms with Gasteiger partial charge in [-0.2, -0.15) is 0 Å². The highest BCUT2D eigenvalue weighted by Gasteiger charge is 2.25. The predicted octanol–water partition coefficient (Wildman–Crippen LogP) is 2.86. The van der Waals surface area contributed by atoms with Crippen LogP contribution in [0.1, 0.15) is 27.6 Å². The van der Waals surface area contributed by atoms with Crippen LogP contribution in [-0.2, 0) is 11.3 Å². The number of rotatable bonds is 4. The summed E-state index contributed by atoms with van der Waals surface area (Å²) in [7, 11) is 0. The summed E-state index contributed by atoms with van der Waals surface area (Å²) in [6, 6.07) is 10.9. The second-order valence-corrected chi connectivity index (χ2v) is 6.61. The van der Waals surface area contributed by atoms with Crippen molar-refractivity contribution in [2.45, 2.75) is 12.6 Å². The topological polar surface area (TPSA) is 84.7 Å². The number of carbonyl (C=O) groups excluding carboxylic acids is 2. The van der Waals surface area contributed by atoms with E-state index in [9.17, 15) is 14.0 Å². The van der Waals surface area contributed by atoms with Crippen molar-refractivity contribution in [2.75, 3.05) is 19.7 Å². The number of morpholine rings is 1. The van der Waals surface area contributed by atoms with Gasteiger partial charge in [0.2, 0.25) is 5.91 Å². The van der Waals surface area contributed by atoms with E-state index in [0.717, 1.165) is 5.56 Å². The van der Waals surface area contributed by atoms with E-state index in [0.29, 0.717) is 30.8 Å². The van der Waals surface area contributed by atoms with Gasteiger partial charge in [0.25, 0.3) is 0 Å². The molecule has 0 radical (unpaired) electrons. The van der Waals surface area contributed by atoms with E-state index >= 15 is 0 Å². The average Bonchev–Trinajstić information content (AvgIpc) is 2.68. The number of amides is 3. The lowest BCUT2D eigenvalue weighted by atomic mass is 10.1. The van der Waals surface area contributed by atoms with Crippen molar-refractivity contribution >= 4 is 23.5 Å². The summed E-state index contributed by atoms with van der Waals surface area (Å²) in [6.07, 6.45) is -0.374. The Kier molecular flexibility index (Phi) is 5.93. The molecule has 3 rings (SSSR count). The third kappa shape index (κ3) is 4.75. The molecule has 1 fully saturated rings. The van der Waals surface area contributed by atoms with Crippen LogP contribution in [0.25, 0.3) is 0 Å². The van der Waals surface area contributed by atoms with Crippen LogP contribution in [0.15, 0.2) is 42.5 Å². The van der Waals surface area contributed by atoms with E-state index in [-0.39, 0.29) is 23.7 Å². The number of hydrogen-bond acceptors (Lipinski definition) is 3. The fourth-order valence-electron chi connectivity index (χ4n) is 2.87. The molecule has 3 amide bonds. The van der Waals surface area contributed by atoms with Crippen molar-refractivity contribution in [3.63, 3.8) is 0 Å². The van der Waals surface area contributed by atoms with Crippen molar-refractivity contribution < 1.29 is 18.7 Å². The average molecular weight is 392 g/mol. The summed E-state index contributed by atoms with van der Waals surface area (Å²) in [6.45, 7) is 1.41. The number of nitrogens with one attached hydrogen (secondary N) is 1. The molecule has 0 saturated carbocycles. The summed E-state index contributed by atoms with van der Waals surface area (Å²) in [5.74, 6) is -1.01. The zero-order valence-corrected chi connectivity index (χ0v) is 15.2. The number of carbonyl (C=O) groups is 2. The number of primary amides is 1. The molecular formula is C19H19ClFN3O3. The lowest BCUT2D eigenvalue weighted by Gasteiger charge is -2.33. The Bertz CT molecular complexity index is 862. The van der Waals surface area contributed by atoms with Crippen molar-refractivity contribution in [2.24, 2.45) is 5.73 Å². The largest absolute Gasteiger partial charge is 0.370 e. The van der Waals surface area contributed by atoms with Crippen LogP contribution in [0.3, 0.4) is 0 Å². The Labute approximate surface area is 161 Å². The van der Waals surface area contributed by atoms with E-state index in [1.807, 2.05) is 0 Å². The van der Waals surface area contributed by atoms with Gasteiger partial charge in [0, 0.05) is 18.7 Å². The van der Waals surface area contributed by atoms with Gasteiger partial charge in [-0.25, -0.2) is 9.18 Å². The first-order chi connectivity index (χ1) is 12.9. The molecule has 0 aromatic heterocycles. The highest BCUT2D eigenvalue weighted by molar-refractivity contribution is 6.30.